The number of hydrogen-bond acceptors (Lipinski definition) is 2. The molecule has 0 aliphatic carbocycles. The van der Waals surface area contributed by atoms with Crippen molar-refractivity contribution in [2.24, 2.45) is 0 Å². The summed E-state index contributed by atoms with van der Waals surface area (Å²) in [4.78, 5) is 0. The maximum absolute atomic E-state index is 12.3. The van der Waals surface area contributed by atoms with Gasteiger partial charge in [-0.2, -0.15) is 8.78 Å². The maximum atomic E-state index is 12.3. The van der Waals surface area contributed by atoms with E-state index in [1.807, 2.05) is 0 Å². The van der Waals surface area contributed by atoms with Gasteiger partial charge in [0.05, 0.1) is 0 Å². The summed E-state index contributed by atoms with van der Waals surface area (Å²) in [7, 11) is 0. The molecule has 1 saturated heterocycles. The molecule has 1 heterocycles. The smallest absolute Gasteiger partial charge is 0.387 e. The molecule has 1 aliphatic rings. The van der Waals surface area contributed by atoms with Crippen molar-refractivity contribution in [3.63, 3.8) is 0 Å². The molecule has 0 amide bonds. The molecule has 1 aliphatic heterocycles. The molecule has 0 aromatic heterocycles. The van der Waals surface area contributed by atoms with E-state index in [0.29, 0.717) is 5.02 Å². The number of rotatable bonds is 3. The minimum absolute atomic E-state index is 0.191. The summed E-state index contributed by atoms with van der Waals surface area (Å²) in [5, 5.41) is 3.80. The van der Waals surface area contributed by atoms with Gasteiger partial charge >= 0.3 is 6.61 Å². The van der Waals surface area contributed by atoms with Gasteiger partial charge < -0.3 is 10.1 Å². The van der Waals surface area contributed by atoms with Gasteiger partial charge in [-0.15, -0.1) is 0 Å². The van der Waals surface area contributed by atoms with E-state index < -0.39 is 6.61 Å². The lowest BCUT2D eigenvalue weighted by Gasteiger charge is -2.25. The molecule has 2 rings (SSSR count). The summed E-state index contributed by atoms with van der Waals surface area (Å²) in [6, 6.07) is 4.80. The topological polar surface area (TPSA) is 21.3 Å². The van der Waals surface area contributed by atoms with Gasteiger partial charge in [0.25, 0.3) is 0 Å². The van der Waals surface area contributed by atoms with Crippen LogP contribution in [0.15, 0.2) is 18.2 Å². The highest BCUT2D eigenvalue weighted by atomic mass is 35.5. The van der Waals surface area contributed by atoms with Gasteiger partial charge in [-0.25, -0.2) is 0 Å². The molecule has 1 fully saturated rings. The summed E-state index contributed by atoms with van der Waals surface area (Å²) in [5.74, 6) is 0.425. The quantitative estimate of drug-likeness (QED) is 0.900. The monoisotopic (exact) mass is 261 g/mol. The average molecular weight is 262 g/mol. The third-order valence-electron chi connectivity index (χ3n) is 2.92. The van der Waals surface area contributed by atoms with Crippen molar-refractivity contribution in [1.29, 1.82) is 0 Å². The number of nitrogens with one attached hydrogen (secondary N) is 1. The Morgan fingerprint density at radius 2 is 2.24 bits per heavy atom. The molecule has 2 nitrogen and oxygen atoms in total. The molecule has 1 aromatic carbocycles. The Kier molecular flexibility index (Phi) is 4.18. The van der Waals surface area contributed by atoms with Crippen LogP contribution in [0.3, 0.4) is 0 Å². The number of hydrogen-bond donors (Lipinski definition) is 1. The molecule has 5 heteroatoms. The second kappa shape index (κ2) is 5.65. The molecule has 0 saturated carbocycles. The van der Waals surface area contributed by atoms with Crippen LogP contribution in [-0.2, 0) is 0 Å². The third kappa shape index (κ3) is 3.30. The Hall–Kier alpha value is -0.870. The van der Waals surface area contributed by atoms with Gasteiger partial charge in [-0.05, 0) is 37.6 Å². The van der Waals surface area contributed by atoms with Crippen LogP contribution in [-0.4, -0.2) is 19.7 Å². The summed E-state index contributed by atoms with van der Waals surface area (Å²) >= 11 is 5.91. The summed E-state index contributed by atoms with van der Waals surface area (Å²) in [5.41, 5.74) is 0.769. The fourth-order valence-electron chi connectivity index (χ4n) is 2.16. The lowest BCUT2D eigenvalue weighted by molar-refractivity contribution is -0.0506. The van der Waals surface area contributed by atoms with Crippen molar-refractivity contribution in [2.45, 2.75) is 25.4 Å². The molecule has 1 atom stereocenters. The molecular formula is C12H14ClF2NO. The fraction of sp³-hybridized carbons (Fsp3) is 0.500. The summed E-state index contributed by atoms with van der Waals surface area (Å²) in [6.07, 6.45) is 2.00. The Bertz CT molecular complexity index is 381. The van der Waals surface area contributed by atoms with Gasteiger partial charge in [-0.3, -0.25) is 0 Å². The van der Waals surface area contributed by atoms with Crippen LogP contribution in [0.5, 0.6) is 5.75 Å². The molecule has 1 unspecified atom stereocenters. The van der Waals surface area contributed by atoms with Crippen molar-refractivity contribution in [3.05, 3.63) is 28.8 Å². The fourth-order valence-corrected chi connectivity index (χ4v) is 2.34. The van der Waals surface area contributed by atoms with Crippen LogP contribution in [0.4, 0.5) is 8.78 Å². The van der Waals surface area contributed by atoms with Gasteiger partial charge in [-0.1, -0.05) is 11.6 Å². The number of ether oxygens (including phenoxy) is 1. The Balaban J connectivity index is 2.25. The first-order chi connectivity index (χ1) is 8.16. The van der Waals surface area contributed by atoms with E-state index in [0.717, 1.165) is 31.5 Å². The SMILES string of the molecule is FC(F)Oc1ccc(Cl)cc1C1CCCNC1. The van der Waals surface area contributed by atoms with Crippen LogP contribution in [0.2, 0.25) is 5.02 Å². The predicted molar refractivity (Wildman–Crippen MR) is 62.9 cm³/mol. The molecule has 0 radical (unpaired) electrons. The van der Waals surface area contributed by atoms with Crippen molar-refractivity contribution >= 4 is 11.6 Å². The second-order valence-electron chi connectivity index (χ2n) is 4.10. The van der Waals surface area contributed by atoms with Crippen LogP contribution in [0.1, 0.15) is 24.3 Å². The molecule has 0 spiro atoms. The molecule has 17 heavy (non-hydrogen) atoms. The van der Waals surface area contributed by atoms with E-state index >= 15 is 0 Å². The zero-order valence-electron chi connectivity index (χ0n) is 9.26. The number of halogens is 3. The molecule has 0 bridgehead atoms. The van der Waals surface area contributed by atoms with E-state index in [2.05, 4.69) is 10.1 Å². The van der Waals surface area contributed by atoms with Crippen molar-refractivity contribution < 1.29 is 13.5 Å². The van der Waals surface area contributed by atoms with Gasteiger partial charge in [0.1, 0.15) is 5.75 Å². The Morgan fingerprint density at radius 3 is 2.88 bits per heavy atom. The van der Waals surface area contributed by atoms with Crippen LogP contribution in [0, 0.1) is 0 Å². The lowest BCUT2D eigenvalue weighted by atomic mass is 9.91. The highest BCUT2D eigenvalue weighted by Gasteiger charge is 2.20. The van der Waals surface area contributed by atoms with E-state index in [-0.39, 0.29) is 11.7 Å². The number of alkyl halides is 2. The van der Waals surface area contributed by atoms with Gasteiger partial charge in [0, 0.05) is 23.0 Å². The first kappa shape index (κ1) is 12.6. The first-order valence-electron chi connectivity index (χ1n) is 5.62. The minimum Gasteiger partial charge on any atom is -0.435 e. The van der Waals surface area contributed by atoms with Crippen LogP contribution in [0.25, 0.3) is 0 Å². The van der Waals surface area contributed by atoms with Crippen molar-refractivity contribution in [2.75, 3.05) is 13.1 Å². The van der Waals surface area contributed by atoms with E-state index in [1.165, 1.54) is 6.07 Å². The predicted octanol–water partition coefficient (Wildman–Crippen LogP) is 3.41. The largest absolute Gasteiger partial charge is 0.435 e. The average Bonchev–Trinajstić information content (AvgIpc) is 2.32. The summed E-state index contributed by atoms with van der Waals surface area (Å²) in [6.45, 7) is -1.05. The summed E-state index contributed by atoms with van der Waals surface area (Å²) < 4.78 is 29.1. The minimum atomic E-state index is -2.80. The van der Waals surface area contributed by atoms with Crippen molar-refractivity contribution in [3.8, 4) is 5.75 Å². The zero-order chi connectivity index (χ0) is 12.3. The molecule has 94 valence electrons. The van der Waals surface area contributed by atoms with Gasteiger partial charge in [0.2, 0.25) is 0 Å². The van der Waals surface area contributed by atoms with E-state index in [9.17, 15) is 8.78 Å². The highest BCUT2D eigenvalue weighted by molar-refractivity contribution is 6.30. The Labute approximate surface area is 104 Å². The molecule has 1 aromatic rings. The normalized spacial score (nSPS) is 20.6. The second-order valence-corrected chi connectivity index (χ2v) is 4.54. The number of piperidine rings is 1. The third-order valence-corrected chi connectivity index (χ3v) is 3.16. The standard InChI is InChI=1S/C12H14ClF2NO/c13-9-3-4-11(17-12(14)15)10(6-9)8-2-1-5-16-7-8/h3-4,6,8,12,16H,1-2,5,7H2. The van der Waals surface area contributed by atoms with Gasteiger partial charge in [0.15, 0.2) is 0 Å². The zero-order valence-corrected chi connectivity index (χ0v) is 10.0. The van der Waals surface area contributed by atoms with Crippen molar-refractivity contribution in [1.82, 2.24) is 5.32 Å². The Morgan fingerprint density at radius 1 is 1.41 bits per heavy atom. The first-order valence-corrected chi connectivity index (χ1v) is 5.99. The van der Waals surface area contributed by atoms with E-state index in [1.54, 1.807) is 12.1 Å². The molecular weight excluding hydrogens is 248 g/mol. The highest BCUT2D eigenvalue weighted by Crippen LogP contribution is 2.34. The van der Waals surface area contributed by atoms with E-state index in [4.69, 9.17) is 11.6 Å². The van der Waals surface area contributed by atoms with Crippen LogP contribution >= 0.6 is 11.6 Å². The lowest BCUT2D eigenvalue weighted by Crippen LogP contribution is -2.28. The van der Waals surface area contributed by atoms with Crippen LogP contribution < -0.4 is 10.1 Å². The molecule has 1 N–H and O–H groups in total. The maximum Gasteiger partial charge on any atom is 0.387 e. The number of benzene rings is 1.